The third-order valence-electron chi connectivity index (χ3n) is 5.77. The first-order valence-electron chi connectivity index (χ1n) is 9.87. The van der Waals surface area contributed by atoms with Gasteiger partial charge < -0.3 is 10.1 Å². The predicted octanol–water partition coefficient (Wildman–Crippen LogP) is 5.46. The van der Waals surface area contributed by atoms with Crippen molar-refractivity contribution in [2.24, 2.45) is 0 Å². The van der Waals surface area contributed by atoms with Crippen LogP contribution in [0.4, 0.5) is 5.69 Å². The third-order valence-corrected chi connectivity index (χ3v) is 5.77. The summed E-state index contributed by atoms with van der Waals surface area (Å²) in [4.78, 5) is 24.5. The van der Waals surface area contributed by atoms with E-state index in [2.05, 4.69) is 39.1 Å². The molecule has 0 aliphatic heterocycles. The van der Waals surface area contributed by atoms with Crippen LogP contribution in [-0.2, 0) is 15.6 Å². The number of carbonyl (C=O) groups excluding carboxylic acids is 2. The number of rotatable bonds is 4. The van der Waals surface area contributed by atoms with Crippen molar-refractivity contribution in [2.45, 2.75) is 58.3 Å². The highest BCUT2D eigenvalue weighted by Crippen LogP contribution is 2.45. The molecule has 1 aliphatic rings. The largest absolute Gasteiger partial charge is 0.462 e. The fraction of sp³-hybridized carbons (Fsp3) is 0.417. The second kappa shape index (κ2) is 7.42. The van der Waals surface area contributed by atoms with Gasteiger partial charge in [0.1, 0.15) is 0 Å². The van der Waals surface area contributed by atoms with Crippen LogP contribution in [0.5, 0.6) is 0 Å². The van der Waals surface area contributed by atoms with Crippen LogP contribution in [0.15, 0.2) is 42.5 Å². The van der Waals surface area contributed by atoms with Gasteiger partial charge in [-0.1, -0.05) is 33.8 Å². The number of carbonyl (C=O) groups is 2. The molecule has 148 valence electrons. The fourth-order valence-electron chi connectivity index (χ4n) is 3.84. The first-order valence-corrected chi connectivity index (χ1v) is 9.87. The number of anilines is 1. The lowest BCUT2D eigenvalue weighted by atomic mass is 9.63. The molecule has 0 saturated heterocycles. The van der Waals surface area contributed by atoms with Crippen LogP contribution in [-0.4, -0.2) is 18.5 Å². The first-order chi connectivity index (χ1) is 13.1. The van der Waals surface area contributed by atoms with Crippen molar-refractivity contribution < 1.29 is 14.3 Å². The average Bonchev–Trinajstić information content (AvgIpc) is 2.66. The van der Waals surface area contributed by atoms with E-state index in [0.29, 0.717) is 23.4 Å². The number of ether oxygens (including phenoxy) is 1. The van der Waals surface area contributed by atoms with Gasteiger partial charge in [-0.15, -0.1) is 0 Å². The topological polar surface area (TPSA) is 55.4 Å². The van der Waals surface area contributed by atoms with E-state index in [1.165, 1.54) is 11.1 Å². The van der Waals surface area contributed by atoms with Crippen molar-refractivity contribution in [3.8, 4) is 0 Å². The number of fused-ring (bicyclic) bond motifs is 1. The highest BCUT2D eigenvalue weighted by molar-refractivity contribution is 6.04. The number of benzene rings is 2. The van der Waals surface area contributed by atoms with Crippen LogP contribution in [0, 0.1) is 0 Å². The van der Waals surface area contributed by atoms with E-state index in [4.69, 9.17) is 4.74 Å². The third kappa shape index (κ3) is 3.96. The van der Waals surface area contributed by atoms with Crippen LogP contribution in [0.1, 0.15) is 79.3 Å². The second-order valence-electron chi connectivity index (χ2n) is 8.78. The molecule has 2 aromatic rings. The minimum atomic E-state index is -0.361. The number of amides is 1. The van der Waals surface area contributed by atoms with Crippen LogP contribution in [0.3, 0.4) is 0 Å². The van der Waals surface area contributed by atoms with Gasteiger partial charge in [0.15, 0.2) is 0 Å². The summed E-state index contributed by atoms with van der Waals surface area (Å²) in [6.45, 7) is 11.1. The predicted molar refractivity (Wildman–Crippen MR) is 112 cm³/mol. The highest BCUT2D eigenvalue weighted by Gasteiger charge is 2.37. The molecule has 0 heterocycles. The van der Waals surface area contributed by atoms with Crippen LogP contribution >= 0.6 is 0 Å². The van der Waals surface area contributed by atoms with Crippen LogP contribution in [0.25, 0.3) is 0 Å². The smallest absolute Gasteiger partial charge is 0.338 e. The Hall–Kier alpha value is -2.62. The highest BCUT2D eigenvalue weighted by atomic mass is 16.5. The summed E-state index contributed by atoms with van der Waals surface area (Å²) in [5.74, 6) is -0.509. The summed E-state index contributed by atoms with van der Waals surface area (Å²) in [7, 11) is 0. The van der Waals surface area contributed by atoms with Crippen LogP contribution in [0.2, 0.25) is 0 Å². The lowest BCUT2D eigenvalue weighted by Gasteiger charge is -2.42. The summed E-state index contributed by atoms with van der Waals surface area (Å²) in [6.07, 6.45) is 2.25. The molecule has 0 spiro atoms. The summed E-state index contributed by atoms with van der Waals surface area (Å²) < 4.78 is 4.98. The Balaban J connectivity index is 1.81. The Kier molecular flexibility index (Phi) is 5.33. The minimum Gasteiger partial charge on any atom is -0.462 e. The van der Waals surface area contributed by atoms with E-state index in [9.17, 15) is 9.59 Å². The van der Waals surface area contributed by atoms with Crippen LogP contribution < -0.4 is 5.32 Å². The molecule has 28 heavy (non-hydrogen) atoms. The van der Waals surface area contributed by atoms with Gasteiger partial charge in [-0.05, 0) is 78.1 Å². The van der Waals surface area contributed by atoms with Gasteiger partial charge in [-0.2, -0.15) is 0 Å². The Morgan fingerprint density at radius 1 is 0.893 bits per heavy atom. The Morgan fingerprint density at radius 3 is 2.07 bits per heavy atom. The molecule has 4 heteroatoms. The summed E-state index contributed by atoms with van der Waals surface area (Å²) in [6, 6.07) is 12.8. The molecule has 0 fully saturated rings. The molecular weight excluding hydrogens is 350 g/mol. The number of hydrogen-bond donors (Lipinski definition) is 1. The molecule has 4 nitrogen and oxygen atoms in total. The Bertz CT molecular complexity index is 895. The molecule has 0 bridgehead atoms. The SMILES string of the molecule is CCOC(=O)c1ccc(NC(=O)c2ccc3c(c2)C(C)(C)CCC3(C)C)cc1. The van der Waals surface area contributed by atoms with Crippen molar-refractivity contribution in [3.63, 3.8) is 0 Å². The van der Waals surface area contributed by atoms with Gasteiger partial charge in [0.2, 0.25) is 0 Å². The quantitative estimate of drug-likeness (QED) is 0.717. The van der Waals surface area contributed by atoms with Crippen molar-refractivity contribution in [3.05, 3.63) is 64.7 Å². The van der Waals surface area contributed by atoms with E-state index in [-0.39, 0.29) is 22.7 Å². The minimum absolute atomic E-state index is 0.0580. The average molecular weight is 380 g/mol. The molecular formula is C24H29NO3. The molecule has 0 aromatic heterocycles. The van der Waals surface area contributed by atoms with E-state index in [0.717, 1.165) is 12.8 Å². The van der Waals surface area contributed by atoms with Gasteiger partial charge in [-0.3, -0.25) is 4.79 Å². The maximum absolute atomic E-state index is 12.8. The number of hydrogen-bond acceptors (Lipinski definition) is 3. The molecule has 2 aromatic carbocycles. The van der Waals surface area contributed by atoms with Gasteiger partial charge in [0, 0.05) is 11.3 Å². The van der Waals surface area contributed by atoms with E-state index in [1.807, 2.05) is 12.1 Å². The molecule has 0 atom stereocenters. The lowest BCUT2D eigenvalue weighted by molar-refractivity contribution is 0.0526. The molecule has 0 unspecified atom stereocenters. The van der Waals surface area contributed by atoms with Gasteiger partial charge >= 0.3 is 5.97 Å². The lowest BCUT2D eigenvalue weighted by Crippen LogP contribution is -2.34. The zero-order chi connectivity index (χ0) is 20.5. The zero-order valence-corrected chi connectivity index (χ0v) is 17.4. The summed E-state index contributed by atoms with van der Waals surface area (Å²) in [5.41, 5.74) is 4.55. The normalized spacial score (nSPS) is 16.8. The standard InChI is InChI=1S/C24H29NO3/c1-6-28-22(27)16-7-10-18(11-8-16)25-21(26)17-9-12-19-20(15-17)24(4,5)14-13-23(19,2)3/h7-12,15H,6,13-14H2,1-5H3,(H,25,26). The second-order valence-corrected chi connectivity index (χ2v) is 8.78. The monoisotopic (exact) mass is 379 g/mol. The molecule has 1 amide bonds. The Labute approximate surface area is 167 Å². The Morgan fingerprint density at radius 2 is 1.46 bits per heavy atom. The van der Waals surface area contributed by atoms with Crippen molar-refractivity contribution in [1.82, 2.24) is 0 Å². The van der Waals surface area contributed by atoms with Gasteiger partial charge in [0.05, 0.1) is 12.2 Å². The number of nitrogens with one attached hydrogen (secondary N) is 1. The first kappa shape index (κ1) is 20.1. The van der Waals surface area contributed by atoms with Gasteiger partial charge in [0.25, 0.3) is 5.91 Å². The van der Waals surface area contributed by atoms with E-state index >= 15 is 0 Å². The van der Waals surface area contributed by atoms with E-state index in [1.54, 1.807) is 31.2 Å². The summed E-state index contributed by atoms with van der Waals surface area (Å²) in [5, 5.41) is 2.92. The maximum atomic E-state index is 12.8. The molecule has 1 aliphatic carbocycles. The number of esters is 1. The molecule has 0 radical (unpaired) electrons. The maximum Gasteiger partial charge on any atom is 0.338 e. The molecule has 1 N–H and O–H groups in total. The van der Waals surface area contributed by atoms with Gasteiger partial charge in [-0.25, -0.2) is 4.79 Å². The molecule has 3 rings (SSSR count). The fourth-order valence-corrected chi connectivity index (χ4v) is 3.84. The van der Waals surface area contributed by atoms with Crippen molar-refractivity contribution >= 4 is 17.6 Å². The molecule has 0 saturated carbocycles. The van der Waals surface area contributed by atoms with Crippen molar-refractivity contribution in [1.29, 1.82) is 0 Å². The van der Waals surface area contributed by atoms with E-state index < -0.39 is 0 Å². The zero-order valence-electron chi connectivity index (χ0n) is 17.4. The van der Waals surface area contributed by atoms with Crippen molar-refractivity contribution in [2.75, 3.05) is 11.9 Å². The summed E-state index contributed by atoms with van der Waals surface area (Å²) >= 11 is 0.